The molecule has 2 aromatic rings. The lowest BCUT2D eigenvalue weighted by atomic mass is 9.97. The summed E-state index contributed by atoms with van der Waals surface area (Å²) in [6, 6.07) is 2.03. The van der Waals surface area contributed by atoms with Gasteiger partial charge in [0.05, 0.1) is 23.9 Å². The first kappa shape index (κ1) is 42.7. The number of carbonyl (C=O) groups is 2. The predicted octanol–water partition coefficient (Wildman–Crippen LogP) is -3.89. The maximum Gasteiger partial charge on any atom is 0.342 e. The number of amides is 1. The Balaban J connectivity index is 1.38. The van der Waals surface area contributed by atoms with Gasteiger partial charge in [-0.3, -0.25) is 42.9 Å². The van der Waals surface area contributed by atoms with E-state index in [2.05, 4.69) is 18.7 Å². The first-order valence-electron chi connectivity index (χ1n) is 14.5. The molecule has 29 heteroatoms. The van der Waals surface area contributed by atoms with Crippen LogP contribution >= 0.6 is 37.2 Å². The van der Waals surface area contributed by atoms with Gasteiger partial charge in [-0.1, -0.05) is 21.6 Å². The molecule has 0 aliphatic carbocycles. The van der Waals surface area contributed by atoms with Crippen LogP contribution in [0.3, 0.4) is 0 Å². The van der Waals surface area contributed by atoms with Crippen LogP contribution in [0, 0.1) is 10.1 Å². The van der Waals surface area contributed by atoms with E-state index >= 15 is 0 Å². The number of benzene rings is 1. The highest BCUT2D eigenvalue weighted by molar-refractivity contribution is 8.76. The minimum absolute atomic E-state index is 0.178. The van der Waals surface area contributed by atoms with Crippen LogP contribution < -0.4 is 26.4 Å². The number of hydrogen-bond donors (Lipinski definition) is 8. The van der Waals surface area contributed by atoms with E-state index in [-0.39, 0.29) is 4.90 Å². The number of aromatic carboxylic acids is 1. The Morgan fingerprint density at radius 1 is 1.02 bits per heavy atom. The fourth-order valence-corrected chi connectivity index (χ4v) is 8.76. The number of phosphoric ester groups is 2. The third-order valence-electron chi connectivity index (χ3n) is 7.24. The maximum atomic E-state index is 12.7. The van der Waals surface area contributed by atoms with Gasteiger partial charge in [0.1, 0.15) is 48.2 Å². The van der Waals surface area contributed by atoms with E-state index in [0.29, 0.717) is 4.57 Å². The van der Waals surface area contributed by atoms with E-state index in [9.17, 15) is 78.8 Å². The lowest BCUT2D eigenvalue weighted by Gasteiger charge is -2.44. The number of rotatable bonds is 16. The third-order valence-corrected chi connectivity index (χ3v) is 12.0. The summed E-state index contributed by atoms with van der Waals surface area (Å²) in [4.78, 5) is 84.7. The smallest absolute Gasteiger partial charge is 0.342 e. The number of phosphoric acid groups is 2. The molecule has 3 heterocycles. The van der Waals surface area contributed by atoms with Crippen LogP contribution in [-0.4, -0.2) is 125 Å². The lowest BCUT2D eigenvalue weighted by Crippen LogP contribution is -2.64. The Morgan fingerprint density at radius 2 is 1.70 bits per heavy atom. The standard InChI is InChI=1S/C24H30N4O21P2S2/c29-6-12-17(32)19(34)16(25-15(31)8-52-53-9-1-2-11(28(39)40)10(5-9)22(36)37)23(47-12)48-51(43,44)49-50(41,42)45-7-13-18(33)20(35)21(46-13)27-4-3-14(30)26-24(27)38/h1-5,12-13,16-21,23,29,32-35H,6-8H2,(H,25,31)(H,36,37)(H,41,42)(H,43,44)(H,26,30,38)/p-2. The second-order valence-electron chi connectivity index (χ2n) is 10.8. The number of H-pyrrole nitrogens is 1. The van der Waals surface area contributed by atoms with Crippen LogP contribution in [0.5, 0.6) is 0 Å². The van der Waals surface area contributed by atoms with Crippen LogP contribution in [-0.2, 0) is 36.8 Å². The van der Waals surface area contributed by atoms with Gasteiger partial charge in [-0.15, -0.1) is 0 Å². The average molecular weight is 835 g/mol. The molecule has 11 unspecified atom stereocenters. The lowest BCUT2D eigenvalue weighted by molar-refractivity contribution is -0.385. The second-order valence-corrected chi connectivity index (χ2v) is 16.1. The molecule has 294 valence electrons. The Labute approximate surface area is 302 Å². The first-order valence-corrected chi connectivity index (χ1v) is 19.7. The number of carboxylic acids is 1. The molecule has 1 aromatic heterocycles. The summed E-state index contributed by atoms with van der Waals surface area (Å²) in [6.45, 7) is -2.23. The fraction of sp³-hybridized carbons (Fsp3) is 0.500. The van der Waals surface area contributed by atoms with Crippen molar-refractivity contribution in [3.05, 3.63) is 67.0 Å². The molecule has 53 heavy (non-hydrogen) atoms. The molecule has 2 fully saturated rings. The third kappa shape index (κ3) is 10.8. The van der Waals surface area contributed by atoms with Crippen molar-refractivity contribution >= 4 is 54.8 Å². The van der Waals surface area contributed by atoms with Crippen LogP contribution in [0.15, 0.2) is 44.9 Å². The van der Waals surface area contributed by atoms with Gasteiger partial charge in [0, 0.05) is 23.2 Å². The number of carboxylic acid groups (broad SMARTS) is 1. The van der Waals surface area contributed by atoms with E-state index < -0.39 is 129 Å². The molecule has 25 nitrogen and oxygen atoms in total. The van der Waals surface area contributed by atoms with E-state index in [4.69, 9.17) is 9.47 Å². The second kappa shape index (κ2) is 17.6. The van der Waals surface area contributed by atoms with E-state index in [1.54, 1.807) is 0 Å². The zero-order valence-electron chi connectivity index (χ0n) is 26.1. The van der Waals surface area contributed by atoms with Crippen molar-refractivity contribution < 1.29 is 86.9 Å². The zero-order valence-corrected chi connectivity index (χ0v) is 29.5. The van der Waals surface area contributed by atoms with Crippen molar-refractivity contribution in [2.45, 2.75) is 60.1 Å². The number of carbonyl (C=O) groups excluding carboxylic acids is 1. The summed E-state index contributed by atoms with van der Waals surface area (Å²) >= 11 is 0. The number of hydrogen-bond acceptors (Lipinski definition) is 22. The van der Waals surface area contributed by atoms with Gasteiger partial charge < -0.3 is 59.7 Å². The minimum atomic E-state index is -6.13. The van der Waals surface area contributed by atoms with Crippen LogP contribution in [0.1, 0.15) is 16.6 Å². The Bertz CT molecular complexity index is 1900. The van der Waals surface area contributed by atoms with Gasteiger partial charge >= 0.3 is 11.7 Å². The summed E-state index contributed by atoms with van der Waals surface area (Å²) in [5.41, 5.74) is -3.17. The number of aromatic amines is 1. The Hall–Kier alpha value is -3.08. The number of nitro groups is 1. The predicted molar refractivity (Wildman–Crippen MR) is 169 cm³/mol. The molecule has 2 aliphatic heterocycles. The number of nitrogens with zero attached hydrogens (tertiary/aromatic N) is 2. The monoisotopic (exact) mass is 834 g/mol. The molecule has 0 spiro atoms. The average Bonchev–Trinajstić information content (AvgIpc) is 3.35. The molecule has 2 aliphatic rings. The normalized spacial score (nSPS) is 29.5. The van der Waals surface area contributed by atoms with Crippen LogP contribution in [0.25, 0.3) is 0 Å². The molecule has 0 radical (unpaired) electrons. The number of aliphatic hydroxyl groups is 5. The molecular formula is C24H28N4O21P2S2-2. The SMILES string of the molecule is O=C(CSSc1ccc([N+](=O)[O-])c(C(=O)O)c1)NC1C(OP(=O)([O-])OP(=O)([O-])OCC2OC(n3ccc(=O)[nH]c3=O)C(O)C2O)OC(CO)C(O)C1O. The van der Waals surface area contributed by atoms with Crippen molar-refractivity contribution in [3.8, 4) is 0 Å². The molecule has 11 atom stereocenters. The van der Waals surface area contributed by atoms with Crippen LogP contribution in [0.4, 0.5) is 5.69 Å². The van der Waals surface area contributed by atoms with Gasteiger partial charge in [-0.25, -0.2) is 13.9 Å². The first-order chi connectivity index (χ1) is 24.7. The molecule has 0 saturated carbocycles. The van der Waals surface area contributed by atoms with E-state index in [0.717, 1.165) is 46.0 Å². The summed E-state index contributed by atoms with van der Waals surface area (Å²) in [7, 11) is -10.6. The molecule has 4 rings (SSSR count). The summed E-state index contributed by atoms with van der Waals surface area (Å²) in [5, 5.41) is 73.3. The van der Waals surface area contributed by atoms with Gasteiger partial charge in [-0.05, 0) is 12.1 Å². The number of ether oxygens (including phenoxy) is 2. The molecule has 0 bridgehead atoms. The van der Waals surface area contributed by atoms with Crippen molar-refractivity contribution in [2.75, 3.05) is 19.0 Å². The molecule has 1 amide bonds. The molecule has 1 aromatic carbocycles. The highest BCUT2D eigenvalue weighted by Gasteiger charge is 2.48. The quantitative estimate of drug-likeness (QED) is 0.0347. The molecular weight excluding hydrogens is 806 g/mol. The molecule has 2 saturated heterocycles. The number of nitrogens with one attached hydrogen (secondary N) is 2. The van der Waals surface area contributed by atoms with Gasteiger partial charge in [0.2, 0.25) is 5.91 Å². The van der Waals surface area contributed by atoms with Crippen molar-refractivity contribution in [1.82, 2.24) is 14.9 Å². The van der Waals surface area contributed by atoms with Crippen LogP contribution in [0.2, 0.25) is 0 Å². The van der Waals surface area contributed by atoms with E-state index in [1.807, 2.05) is 4.98 Å². The maximum absolute atomic E-state index is 12.7. The van der Waals surface area contributed by atoms with E-state index in [1.165, 1.54) is 6.07 Å². The topological polar surface area (TPSA) is 392 Å². The molecule has 8 N–H and O–H groups in total. The van der Waals surface area contributed by atoms with Crippen molar-refractivity contribution in [3.63, 3.8) is 0 Å². The largest absolute Gasteiger partial charge is 0.756 e. The van der Waals surface area contributed by atoms with Gasteiger partial charge in [-0.2, -0.15) is 0 Å². The van der Waals surface area contributed by atoms with Crippen molar-refractivity contribution in [2.24, 2.45) is 0 Å². The summed E-state index contributed by atoms with van der Waals surface area (Å²) < 4.78 is 49.2. The Kier molecular flexibility index (Phi) is 14.2. The summed E-state index contributed by atoms with van der Waals surface area (Å²) in [6.07, 6.45) is -14.4. The number of aliphatic hydroxyl groups excluding tert-OH is 5. The minimum Gasteiger partial charge on any atom is -0.756 e. The van der Waals surface area contributed by atoms with Gasteiger partial charge in [0.15, 0.2) is 12.5 Å². The summed E-state index contributed by atoms with van der Waals surface area (Å²) in [5.74, 6) is -3.09. The zero-order chi connectivity index (χ0) is 39.4. The van der Waals surface area contributed by atoms with Gasteiger partial charge in [0.25, 0.3) is 26.9 Å². The number of aromatic nitrogens is 2. The van der Waals surface area contributed by atoms with Crippen molar-refractivity contribution in [1.29, 1.82) is 0 Å². The highest BCUT2D eigenvalue weighted by atomic mass is 33.1. The highest BCUT2D eigenvalue weighted by Crippen LogP contribution is 2.57. The Morgan fingerprint density at radius 3 is 2.32 bits per heavy atom. The number of nitro benzene ring substituents is 1. The fourth-order valence-electron chi connectivity index (χ4n) is 4.78.